The topological polar surface area (TPSA) is 70.6 Å². The molecule has 0 amide bonds. The Bertz CT molecular complexity index is 530. The highest BCUT2D eigenvalue weighted by atomic mass is 32.2. The lowest BCUT2D eigenvalue weighted by molar-refractivity contribution is 0.601. The molecule has 0 aliphatic heterocycles. The van der Waals surface area contributed by atoms with Crippen molar-refractivity contribution in [3.05, 3.63) is 30.3 Å². The summed E-state index contributed by atoms with van der Waals surface area (Å²) in [6.45, 7) is 3.77. The Kier molecular flexibility index (Phi) is 8.22. The summed E-state index contributed by atoms with van der Waals surface area (Å²) in [7, 11) is -2.96. The Hall–Kier alpha value is -1.21. The molecule has 0 atom stereocenters. The molecule has 1 rings (SSSR count). The molecule has 0 saturated heterocycles. The number of benzene rings is 1. The van der Waals surface area contributed by atoms with Gasteiger partial charge in [-0.15, -0.1) is 11.8 Å². The Morgan fingerprint density at radius 1 is 1.24 bits per heavy atom. The number of sulfone groups is 1. The maximum atomic E-state index is 11.1. The van der Waals surface area contributed by atoms with E-state index in [1.807, 2.05) is 25.1 Å². The van der Waals surface area contributed by atoms with Gasteiger partial charge in [0, 0.05) is 30.0 Å². The van der Waals surface area contributed by atoms with E-state index in [1.54, 1.807) is 11.8 Å². The molecule has 0 fully saturated rings. The van der Waals surface area contributed by atoms with E-state index in [0.29, 0.717) is 5.96 Å². The van der Waals surface area contributed by atoms with E-state index in [4.69, 9.17) is 0 Å². The highest BCUT2D eigenvalue weighted by molar-refractivity contribution is 7.99. The van der Waals surface area contributed by atoms with E-state index in [9.17, 15) is 8.42 Å². The van der Waals surface area contributed by atoms with Crippen LogP contribution in [0.5, 0.6) is 0 Å². The Labute approximate surface area is 131 Å². The highest BCUT2D eigenvalue weighted by Gasteiger charge is 2.02. The van der Waals surface area contributed by atoms with E-state index in [2.05, 4.69) is 27.8 Å². The molecule has 0 spiro atoms. The van der Waals surface area contributed by atoms with Crippen molar-refractivity contribution in [1.82, 2.24) is 10.6 Å². The lowest BCUT2D eigenvalue weighted by Gasteiger charge is -2.11. The number of guanidine groups is 1. The van der Waals surface area contributed by atoms with Crippen LogP contribution in [-0.2, 0) is 9.84 Å². The second-order valence-electron chi connectivity index (χ2n) is 4.48. The first-order valence-corrected chi connectivity index (χ1v) is 9.93. The molecule has 118 valence electrons. The lowest BCUT2D eigenvalue weighted by Crippen LogP contribution is -2.38. The van der Waals surface area contributed by atoms with Crippen LogP contribution in [0, 0.1) is 0 Å². The zero-order valence-corrected chi connectivity index (χ0v) is 14.1. The number of nitrogens with one attached hydrogen (secondary N) is 2. The molecule has 0 aliphatic carbocycles. The molecule has 1 aromatic carbocycles. The zero-order valence-electron chi connectivity index (χ0n) is 12.5. The van der Waals surface area contributed by atoms with E-state index >= 15 is 0 Å². The van der Waals surface area contributed by atoms with Gasteiger partial charge in [0.25, 0.3) is 0 Å². The van der Waals surface area contributed by atoms with Crippen LogP contribution in [-0.4, -0.2) is 51.8 Å². The first-order valence-electron chi connectivity index (χ1n) is 6.89. The fourth-order valence-electron chi connectivity index (χ4n) is 1.52. The second-order valence-corrected chi connectivity index (χ2v) is 7.91. The van der Waals surface area contributed by atoms with Crippen LogP contribution in [0.1, 0.15) is 6.92 Å². The fourth-order valence-corrected chi connectivity index (χ4v) is 2.73. The van der Waals surface area contributed by atoms with Crippen molar-refractivity contribution < 1.29 is 8.42 Å². The van der Waals surface area contributed by atoms with Crippen molar-refractivity contribution in [3.8, 4) is 0 Å². The van der Waals surface area contributed by atoms with Crippen molar-refractivity contribution in [2.24, 2.45) is 4.99 Å². The van der Waals surface area contributed by atoms with Crippen LogP contribution < -0.4 is 10.6 Å². The molecule has 0 saturated carbocycles. The number of nitrogens with zero attached hydrogens (tertiary/aromatic N) is 1. The maximum Gasteiger partial charge on any atom is 0.191 e. The first kappa shape index (κ1) is 17.8. The van der Waals surface area contributed by atoms with Crippen LogP contribution in [0.25, 0.3) is 0 Å². The van der Waals surface area contributed by atoms with Crippen LogP contribution >= 0.6 is 11.8 Å². The van der Waals surface area contributed by atoms with E-state index in [-0.39, 0.29) is 12.3 Å². The minimum atomic E-state index is -2.96. The number of hydrogen-bond donors (Lipinski definition) is 2. The summed E-state index contributed by atoms with van der Waals surface area (Å²) in [5, 5.41) is 6.30. The molecule has 1 aromatic rings. The fraction of sp³-hybridized carbons (Fsp3) is 0.500. The minimum Gasteiger partial charge on any atom is -0.357 e. The van der Waals surface area contributed by atoms with Crippen LogP contribution in [0.4, 0.5) is 0 Å². The summed E-state index contributed by atoms with van der Waals surface area (Å²) >= 11 is 1.77. The van der Waals surface area contributed by atoms with Gasteiger partial charge >= 0.3 is 0 Å². The van der Waals surface area contributed by atoms with Crippen molar-refractivity contribution in [3.63, 3.8) is 0 Å². The third-order valence-electron chi connectivity index (χ3n) is 2.48. The lowest BCUT2D eigenvalue weighted by atomic mass is 10.4. The van der Waals surface area contributed by atoms with Crippen molar-refractivity contribution in [2.75, 3.05) is 37.4 Å². The van der Waals surface area contributed by atoms with Crippen molar-refractivity contribution >= 4 is 27.6 Å². The predicted molar refractivity (Wildman–Crippen MR) is 90.9 cm³/mol. The summed E-state index contributed by atoms with van der Waals surface area (Å²) in [5.74, 6) is 1.65. The van der Waals surface area contributed by atoms with Crippen molar-refractivity contribution in [1.29, 1.82) is 0 Å². The third-order valence-corrected chi connectivity index (χ3v) is 4.42. The summed E-state index contributed by atoms with van der Waals surface area (Å²) in [5.41, 5.74) is 0. The van der Waals surface area contributed by atoms with Crippen LogP contribution in [0.3, 0.4) is 0 Å². The van der Waals surface area contributed by atoms with Gasteiger partial charge in [0.2, 0.25) is 0 Å². The number of hydrogen-bond acceptors (Lipinski definition) is 4. The smallest absolute Gasteiger partial charge is 0.191 e. The van der Waals surface area contributed by atoms with Gasteiger partial charge in [-0.05, 0) is 19.1 Å². The minimum absolute atomic E-state index is 0.0718. The summed E-state index contributed by atoms with van der Waals surface area (Å²) in [6.07, 6.45) is 1.22. The normalized spacial score (nSPS) is 12.2. The molecular formula is C14H23N3O2S2. The van der Waals surface area contributed by atoms with Gasteiger partial charge in [-0.1, -0.05) is 18.2 Å². The average Bonchev–Trinajstić information content (AvgIpc) is 2.43. The van der Waals surface area contributed by atoms with Gasteiger partial charge in [-0.2, -0.15) is 0 Å². The predicted octanol–water partition coefficient (Wildman–Crippen LogP) is 1.38. The average molecular weight is 329 g/mol. The molecule has 0 heterocycles. The van der Waals surface area contributed by atoms with E-state index in [1.165, 1.54) is 11.2 Å². The zero-order chi connectivity index (χ0) is 15.6. The Morgan fingerprint density at radius 2 is 1.95 bits per heavy atom. The van der Waals surface area contributed by atoms with Crippen molar-refractivity contribution in [2.45, 2.75) is 11.8 Å². The summed E-state index contributed by atoms with van der Waals surface area (Å²) in [6, 6.07) is 10.2. The molecular weight excluding hydrogens is 306 g/mol. The molecule has 21 heavy (non-hydrogen) atoms. The van der Waals surface area contributed by atoms with Crippen LogP contribution in [0.15, 0.2) is 40.2 Å². The Morgan fingerprint density at radius 3 is 2.57 bits per heavy atom. The molecule has 0 aromatic heterocycles. The molecule has 5 nitrogen and oxygen atoms in total. The van der Waals surface area contributed by atoms with Gasteiger partial charge in [0.15, 0.2) is 5.96 Å². The van der Waals surface area contributed by atoms with Gasteiger partial charge < -0.3 is 10.6 Å². The van der Waals surface area contributed by atoms with Gasteiger partial charge in [0.1, 0.15) is 9.84 Å². The van der Waals surface area contributed by atoms with Gasteiger partial charge in [0.05, 0.1) is 12.3 Å². The van der Waals surface area contributed by atoms with Gasteiger partial charge in [-0.25, -0.2) is 8.42 Å². The Balaban J connectivity index is 2.32. The molecule has 0 radical (unpaired) electrons. The molecule has 0 aliphatic rings. The number of thioether (sulfide) groups is 1. The maximum absolute atomic E-state index is 11.1. The standard InChI is InChI=1S/C14H23N3O2S2/c1-3-15-14(17-10-12-21(2,18)19)16-9-11-20-13-7-5-4-6-8-13/h4-8H,3,9-12H2,1-2H3,(H2,15,16,17). The van der Waals surface area contributed by atoms with Gasteiger partial charge in [-0.3, -0.25) is 4.99 Å². The summed E-state index contributed by atoms with van der Waals surface area (Å²) < 4.78 is 22.1. The first-order chi connectivity index (χ1) is 10.0. The highest BCUT2D eigenvalue weighted by Crippen LogP contribution is 2.15. The van der Waals surface area contributed by atoms with Crippen LogP contribution in [0.2, 0.25) is 0 Å². The monoisotopic (exact) mass is 329 g/mol. The summed E-state index contributed by atoms with van der Waals surface area (Å²) in [4.78, 5) is 5.48. The third kappa shape index (κ3) is 9.36. The quantitative estimate of drug-likeness (QED) is 0.326. The molecule has 0 bridgehead atoms. The number of aliphatic imine (C=N–C) groups is 1. The molecule has 7 heteroatoms. The number of rotatable bonds is 8. The van der Waals surface area contributed by atoms with E-state index < -0.39 is 9.84 Å². The SMILES string of the molecule is CCNC(=NCCS(C)(=O)=O)NCCSc1ccccc1. The largest absolute Gasteiger partial charge is 0.357 e. The van der Waals surface area contributed by atoms with E-state index in [0.717, 1.165) is 18.8 Å². The second kappa shape index (κ2) is 9.68. The molecule has 0 unspecified atom stereocenters. The molecule has 2 N–H and O–H groups in total.